The molecule has 0 radical (unpaired) electrons. The van der Waals surface area contributed by atoms with Crippen LogP contribution in [0.25, 0.3) is 0 Å². The molecule has 0 heterocycles. The van der Waals surface area contributed by atoms with Crippen LogP contribution < -0.4 is 0 Å². The number of aliphatic carboxylic acids is 1. The summed E-state index contributed by atoms with van der Waals surface area (Å²) in [4.78, 5) is 21.9. The van der Waals surface area contributed by atoms with E-state index in [9.17, 15) is 9.59 Å². The van der Waals surface area contributed by atoms with Crippen LogP contribution in [0.5, 0.6) is 0 Å². The average molecular weight is 256 g/mol. The average Bonchev–Trinajstić information content (AvgIpc) is 2.52. The van der Waals surface area contributed by atoms with Gasteiger partial charge in [-0.1, -0.05) is 6.92 Å². The number of hydrogen-bond acceptors (Lipinski definition) is 3. The van der Waals surface area contributed by atoms with Crippen molar-refractivity contribution < 1.29 is 19.4 Å². The Morgan fingerprint density at radius 2 is 2.06 bits per heavy atom. The number of carbonyl (C=O) groups excluding carboxylic acids is 1. The first-order chi connectivity index (χ1) is 8.19. The molecule has 1 fully saturated rings. The van der Waals surface area contributed by atoms with Crippen LogP contribution >= 0.6 is 0 Å². The Hall–Kier alpha value is -0.900. The van der Waals surface area contributed by atoms with Crippen molar-refractivity contribution >= 4 is 12.3 Å². The molecule has 0 unspecified atom stereocenters. The number of carbonyl (C=O) groups is 2. The summed E-state index contributed by atoms with van der Waals surface area (Å²) < 4.78 is 6.03. The summed E-state index contributed by atoms with van der Waals surface area (Å²) >= 11 is 0. The van der Waals surface area contributed by atoms with Gasteiger partial charge < -0.3 is 14.6 Å². The van der Waals surface area contributed by atoms with Crippen molar-refractivity contribution in [3.63, 3.8) is 0 Å². The SMILES string of the molecule is CC(C)(C)O[C@H]1CC[C@H](C=O)[C@]1(C)CCC(=O)O. The van der Waals surface area contributed by atoms with Gasteiger partial charge in [0.15, 0.2) is 0 Å². The van der Waals surface area contributed by atoms with Gasteiger partial charge >= 0.3 is 5.97 Å². The van der Waals surface area contributed by atoms with Gasteiger partial charge in [0, 0.05) is 17.8 Å². The van der Waals surface area contributed by atoms with Gasteiger partial charge in [-0.15, -0.1) is 0 Å². The van der Waals surface area contributed by atoms with Crippen molar-refractivity contribution in [2.45, 2.75) is 65.1 Å². The van der Waals surface area contributed by atoms with Gasteiger partial charge in [-0.25, -0.2) is 0 Å². The lowest BCUT2D eigenvalue weighted by atomic mass is 9.75. The van der Waals surface area contributed by atoms with Crippen LogP contribution in [-0.4, -0.2) is 29.1 Å². The third-order valence-corrected chi connectivity index (χ3v) is 3.86. The van der Waals surface area contributed by atoms with Crippen molar-refractivity contribution in [1.29, 1.82) is 0 Å². The van der Waals surface area contributed by atoms with Crippen LogP contribution in [0.1, 0.15) is 53.4 Å². The van der Waals surface area contributed by atoms with Gasteiger partial charge in [-0.05, 0) is 40.0 Å². The topological polar surface area (TPSA) is 63.6 Å². The van der Waals surface area contributed by atoms with E-state index in [-0.39, 0.29) is 29.5 Å². The van der Waals surface area contributed by atoms with E-state index in [1.165, 1.54) is 0 Å². The minimum Gasteiger partial charge on any atom is -0.481 e. The van der Waals surface area contributed by atoms with Crippen LogP contribution in [-0.2, 0) is 14.3 Å². The van der Waals surface area contributed by atoms with Gasteiger partial charge in [-0.3, -0.25) is 4.79 Å². The molecule has 0 aromatic heterocycles. The molecule has 1 N–H and O–H groups in total. The maximum Gasteiger partial charge on any atom is 0.303 e. The van der Waals surface area contributed by atoms with Gasteiger partial charge in [0.1, 0.15) is 6.29 Å². The Labute approximate surface area is 109 Å². The molecular formula is C14H24O4. The first kappa shape index (κ1) is 15.2. The van der Waals surface area contributed by atoms with E-state index in [1.807, 2.05) is 27.7 Å². The lowest BCUT2D eigenvalue weighted by Gasteiger charge is -2.38. The third kappa shape index (κ3) is 3.55. The standard InChI is InChI=1S/C14H24O4/c1-13(2,3)18-11-6-5-10(9-15)14(11,4)8-7-12(16)17/h9-11H,5-8H2,1-4H3,(H,16,17)/t10-,11+,14+/m1/s1. The smallest absolute Gasteiger partial charge is 0.303 e. The maximum atomic E-state index is 11.2. The van der Waals surface area contributed by atoms with E-state index < -0.39 is 5.97 Å². The van der Waals surface area contributed by atoms with Crippen LogP contribution in [0, 0.1) is 11.3 Å². The van der Waals surface area contributed by atoms with Crippen molar-refractivity contribution in [3.05, 3.63) is 0 Å². The van der Waals surface area contributed by atoms with E-state index in [0.717, 1.165) is 19.1 Å². The Morgan fingerprint density at radius 1 is 1.44 bits per heavy atom. The molecule has 3 atom stereocenters. The molecule has 1 aliphatic carbocycles. The second-order valence-electron chi connectivity index (χ2n) is 6.44. The maximum absolute atomic E-state index is 11.2. The molecular weight excluding hydrogens is 232 g/mol. The van der Waals surface area contributed by atoms with Gasteiger partial charge in [0.2, 0.25) is 0 Å². The molecule has 1 rings (SSSR count). The Morgan fingerprint density at radius 3 is 2.50 bits per heavy atom. The number of hydrogen-bond donors (Lipinski definition) is 1. The number of ether oxygens (including phenoxy) is 1. The van der Waals surface area contributed by atoms with E-state index >= 15 is 0 Å². The summed E-state index contributed by atoms with van der Waals surface area (Å²) in [6.45, 7) is 7.94. The monoisotopic (exact) mass is 256 g/mol. The van der Waals surface area contributed by atoms with Gasteiger partial charge in [0.25, 0.3) is 0 Å². The van der Waals surface area contributed by atoms with E-state index in [2.05, 4.69) is 0 Å². The molecule has 0 aromatic carbocycles. The summed E-state index contributed by atoms with van der Waals surface area (Å²) in [7, 11) is 0. The predicted octanol–water partition coefficient (Wildman–Crippen LogP) is 2.65. The molecule has 18 heavy (non-hydrogen) atoms. The van der Waals surface area contributed by atoms with E-state index in [0.29, 0.717) is 6.42 Å². The zero-order valence-electron chi connectivity index (χ0n) is 11.7. The number of carboxylic acids is 1. The van der Waals surface area contributed by atoms with Crippen LogP contribution in [0.4, 0.5) is 0 Å². The first-order valence-corrected chi connectivity index (χ1v) is 6.54. The highest BCUT2D eigenvalue weighted by Gasteiger charge is 2.48. The molecule has 104 valence electrons. The second kappa shape index (κ2) is 5.39. The Bertz CT molecular complexity index is 318. The number of rotatable bonds is 5. The Kier molecular flexibility index (Phi) is 4.54. The first-order valence-electron chi connectivity index (χ1n) is 6.54. The van der Waals surface area contributed by atoms with Crippen LogP contribution in [0.3, 0.4) is 0 Å². The fourth-order valence-electron chi connectivity index (χ4n) is 2.80. The summed E-state index contributed by atoms with van der Waals surface area (Å²) in [5, 5.41) is 8.84. The lowest BCUT2D eigenvalue weighted by Crippen LogP contribution is -2.40. The fourth-order valence-corrected chi connectivity index (χ4v) is 2.80. The summed E-state index contributed by atoms with van der Waals surface area (Å²) in [5.74, 6) is -0.911. The largest absolute Gasteiger partial charge is 0.481 e. The molecule has 4 heteroatoms. The van der Waals surface area contributed by atoms with Crippen molar-refractivity contribution in [1.82, 2.24) is 0 Å². The van der Waals surface area contributed by atoms with Crippen molar-refractivity contribution in [3.8, 4) is 0 Å². The molecule has 0 spiro atoms. The number of carboxylic acid groups (broad SMARTS) is 1. The van der Waals surface area contributed by atoms with E-state index in [4.69, 9.17) is 9.84 Å². The normalized spacial score (nSPS) is 32.4. The third-order valence-electron chi connectivity index (χ3n) is 3.86. The highest BCUT2D eigenvalue weighted by Crippen LogP contribution is 2.48. The Balaban J connectivity index is 2.82. The molecule has 0 saturated heterocycles. The van der Waals surface area contributed by atoms with Gasteiger partial charge in [-0.2, -0.15) is 0 Å². The van der Waals surface area contributed by atoms with Crippen molar-refractivity contribution in [2.24, 2.45) is 11.3 Å². The lowest BCUT2D eigenvalue weighted by molar-refractivity contribution is -0.141. The van der Waals surface area contributed by atoms with Crippen LogP contribution in [0.2, 0.25) is 0 Å². The minimum absolute atomic E-state index is 0.0351. The van der Waals surface area contributed by atoms with Crippen molar-refractivity contribution in [2.75, 3.05) is 0 Å². The quantitative estimate of drug-likeness (QED) is 0.768. The fraction of sp³-hybridized carbons (Fsp3) is 0.857. The highest BCUT2D eigenvalue weighted by molar-refractivity contribution is 5.67. The molecule has 0 aliphatic heterocycles. The molecule has 1 aliphatic rings. The zero-order chi connectivity index (χ0) is 14.0. The minimum atomic E-state index is -0.817. The predicted molar refractivity (Wildman–Crippen MR) is 68.4 cm³/mol. The summed E-state index contributed by atoms with van der Waals surface area (Å²) in [6.07, 6.45) is 3.13. The summed E-state index contributed by atoms with van der Waals surface area (Å²) in [6, 6.07) is 0. The number of aldehydes is 1. The second-order valence-corrected chi connectivity index (χ2v) is 6.44. The highest BCUT2D eigenvalue weighted by atomic mass is 16.5. The van der Waals surface area contributed by atoms with Crippen LogP contribution in [0.15, 0.2) is 0 Å². The van der Waals surface area contributed by atoms with E-state index in [1.54, 1.807) is 0 Å². The zero-order valence-corrected chi connectivity index (χ0v) is 11.7. The molecule has 0 amide bonds. The molecule has 0 aromatic rings. The molecule has 4 nitrogen and oxygen atoms in total. The summed E-state index contributed by atoms with van der Waals surface area (Å²) in [5.41, 5.74) is -0.625. The molecule has 0 bridgehead atoms. The molecule has 1 saturated carbocycles. The van der Waals surface area contributed by atoms with Gasteiger partial charge in [0.05, 0.1) is 11.7 Å².